The van der Waals surface area contributed by atoms with Gasteiger partial charge in [-0.25, -0.2) is 19.2 Å². The van der Waals surface area contributed by atoms with Crippen LogP contribution in [0.2, 0.25) is 0 Å². The van der Waals surface area contributed by atoms with Gasteiger partial charge in [-0.3, -0.25) is 0 Å². The number of esters is 4. The minimum Gasteiger partial charge on any atom is -0.487 e. The first-order valence-corrected chi connectivity index (χ1v) is 18.5. The molecule has 0 aromatic heterocycles. The average Bonchev–Trinajstić information content (AvgIpc) is 3.03. The first kappa shape index (κ1) is 44.0. The monoisotopic (exact) mass is 960 g/mol. The summed E-state index contributed by atoms with van der Waals surface area (Å²) < 4.78 is 35.8. The highest BCUT2D eigenvalue weighted by Crippen LogP contribution is 2.44. The van der Waals surface area contributed by atoms with Gasteiger partial charge in [0.15, 0.2) is 12.2 Å². The number of carbonyl (C=O) groups is 4. The predicted octanol–water partition coefficient (Wildman–Crippen LogP) is 9.03. The first-order chi connectivity index (χ1) is 23.6. The molecule has 0 saturated carbocycles. The maximum atomic E-state index is 12.2. The van der Waals surface area contributed by atoms with E-state index in [1.165, 1.54) is 27.7 Å². The maximum absolute atomic E-state index is 12.2. The first-order valence-electron chi connectivity index (χ1n) is 15.3. The van der Waals surface area contributed by atoms with E-state index in [2.05, 4.69) is 90.0 Å². The number of halogens is 4. The molecule has 51 heavy (non-hydrogen) atoms. The molecule has 2 atom stereocenters. The standard InChI is InChI=1S/C37H40Br4O10/c1-19(2)33(42)48-17-25(50-35(44)21(5)6)15-46-31-27(38)11-23(12-28(31)39)37(9,10)24-13-29(40)32(30(41)14-24)47-16-26(51-36(45)22(7)8)18-49-34(43)20(3)4/h11-14,25-26H,1,3,5,7,15-18H2,2,4,6,8-10H3. The van der Waals surface area contributed by atoms with E-state index in [9.17, 15) is 19.2 Å². The molecule has 0 spiro atoms. The summed E-state index contributed by atoms with van der Waals surface area (Å²) in [5, 5.41) is 0. The summed E-state index contributed by atoms with van der Waals surface area (Å²) in [5.74, 6) is -1.64. The molecule has 0 radical (unpaired) electrons. The van der Waals surface area contributed by atoms with Gasteiger partial charge in [0, 0.05) is 27.7 Å². The average molecular weight is 964 g/mol. The summed E-state index contributed by atoms with van der Waals surface area (Å²) >= 11 is 14.4. The molecule has 10 nitrogen and oxygen atoms in total. The van der Waals surface area contributed by atoms with E-state index in [1.54, 1.807) is 0 Å². The Morgan fingerprint density at radius 1 is 0.549 bits per heavy atom. The van der Waals surface area contributed by atoms with Crippen LogP contribution in [-0.4, -0.2) is 62.5 Å². The van der Waals surface area contributed by atoms with Crippen molar-refractivity contribution in [1.82, 2.24) is 0 Å². The zero-order valence-electron chi connectivity index (χ0n) is 29.2. The Kier molecular flexibility index (Phi) is 16.9. The van der Waals surface area contributed by atoms with Crippen LogP contribution in [0, 0.1) is 0 Å². The van der Waals surface area contributed by atoms with Crippen molar-refractivity contribution < 1.29 is 47.6 Å². The molecule has 14 heteroatoms. The Morgan fingerprint density at radius 3 is 1.08 bits per heavy atom. The Hall–Kier alpha value is -3.20. The third kappa shape index (κ3) is 13.1. The van der Waals surface area contributed by atoms with Gasteiger partial charge in [-0.1, -0.05) is 40.2 Å². The predicted molar refractivity (Wildman–Crippen MR) is 208 cm³/mol. The summed E-state index contributed by atoms with van der Waals surface area (Å²) in [6, 6.07) is 7.65. The van der Waals surface area contributed by atoms with Gasteiger partial charge < -0.3 is 28.4 Å². The van der Waals surface area contributed by atoms with Gasteiger partial charge in [0.05, 0.1) is 17.9 Å². The zero-order chi connectivity index (χ0) is 38.8. The van der Waals surface area contributed by atoms with Crippen molar-refractivity contribution in [3.63, 3.8) is 0 Å². The second-order valence-electron chi connectivity index (χ2n) is 12.2. The van der Waals surface area contributed by atoms with Gasteiger partial charge in [0.25, 0.3) is 0 Å². The van der Waals surface area contributed by atoms with Crippen LogP contribution in [0.1, 0.15) is 52.7 Å². The van der Waals surface area contributed by atoms with Crippen molar-refractivity contribution in [2.24, 2.45) is 0 Å². The quantitative estimate of drug-likeness (QED) is 0.0813. The van der Waals surface area contributed by atoms with Gasteiger partial charge >= 0.3 is 23.9 Å². The summed E-state index contributed by atoms with van der Waals surface area (Å²) in [6.45, 7) is 23.7. The fourth-order valence-electron chi connectivity index (χ4n) is 3.96. The van der Waals surface area contributed by atoms with Crippen molar-refractivity contribution in [3.05, 3.63) is 102 Å². The Balaban J connectivity index is 2.29. The van der Waals surface area contributed by atoms with Gasteiger partial charge in [-0.2, -0.15) is 0 Å². The fraction of sp³-hybridized carbons (Fsp3) is 0.351. The van der Waals surface area contributed by atoms with Crippen molar-refractivity contribution >= 4 is 87.6 Å². The lowest BCUT2D eigenvalue weighted by Crippen LogP contribution is -2.31. The Bertz CT molecular complexity index is 1560. The molecular weight excluding hydrogens is 924 g/mol. The lowest BCUT2D eigenvalue weighted by Gasteiger charge is -2.29. The van der Waals surface area contributed by atoms with E-state index < -0.39 is 41.5 Å². The molecule has 0 heterocycles. The molecule has 2 aromatic carbocycles. The highest BCUT2D eigenvalue weighted by atomic mass is 79.9. The van der Waals surface area contributed by atoms with E-state index in [1.807, 2.05) is 38.1 Å². The fourth-order valence-corrected chi connectivity index (χ4v) is 6.79. The van der Waals surface area contributed by atoms with E-state index in [0.29, 0.717) is 29.4 Å². The molecule has 0 aliphatic rings. The summed E-state index contributed by atoms with van der Waals surface area (Å²) in [6.07, 6.45) is -1.83. The summed E-state index contributed by atoms with van der Waals surface area (Å²) in [4.78, 5) is 48.4. The molecule has 0 fully saturated rings. The largest absolute Gasteiger partial charge is 0.487 e. The molecule has 2 rings (SSSR count). The van der Waals surface area contributed by atoms with Crippen LogP contribution >= 0.6 is 63.7 Å². The third-order valence-corrected chi connectivity index (χ3v) is 9.37. The highest BCUT2D eigenvalue weighted by Gasteiger charge is 2.29. The molecular formula is C37H40Br4O10. The minimum absolute atomic E-state index is 0.118. The smallest absolute Gasteiger partial charge is 0.333 e. The van der Waals surface area contributed by atoms with E-state index >= 15 is 0 Å². The van der Waals surface area contributed by atoms with Crippen LogP contribution in [0.5, 0.6) is 11.5 Å². The van der Waals surface area contributed by atoms with Gasteiger partial charge in [-0.05, 0) is 127 Å². The molecule has 0 amide bonds. The van der Waals surface area contributed by atoms with Gasteiger partial charge in [0.1, 0.15) is 37.9 Å². The van der Waals surface area contributed by atoms with Crippen LogP contribution in [0.4, 0.5) is 0 Å². The van der Waals surface area contributed by atoms with E-state index in [-0.39, 0.29) is 48.7 Å². The van der Waals surface area contributed by atoms with Crippen molar-refractivity contribution in [2.75, 3.05) is 26.4 Å². The second kappa shape index (κ2) is 19.6. The number of carbonyl (C=O) groups excluding carboxylic acids is 4. The van der Waals surface area contributed by atoms with E-state index in [0.717, 1.165) is 11.1 Å². The van der Waals surface area contributed by atoms with Crippen LogP contribution < -0.4 is 9.47 Å². The van der Waals surface area contributed by atoms with E-state index in [4.69, 9.17) is 28.4 Å². The second-order valence-corrected chi connectivity index (χ2v) is 15.6. The molecule has 0 N–H and O–H groups in total. The Morgan fingerprint density at radius 2 is 0.824 bits per heavy atom. The molecule has 0 saturated heterocycles. The molecule has 2 aromatic rings. The summed E-state index contributed by atoms with van der Waals surface area (Å²) in [7, 11) is 0. The van der Waals surface area contributed by atoms with Crippen LogP contribution in [0.15, 0.2) is 90.8 Å². The third-order valence-electron chi connectivity index (χ3n) is 7.01. The van der Waals surface area contributed by atoms with Crippen molar-refractivity contribution in [2.45, 2.75) is 59.2 Å². The number of ether oxygens (including phenoxy) is 6. The Labute approximate surface area is 332 Å². The lowest BCUT2D eigenvalue weighted by atomic mass is 9.78. The number of hydrogen-bond donors (Lipinski definition) is 0. The molecule has 0 aliphatic heterocycles. The number of hydrogen-bond acceptors (Lipinski definition) is 10. The zero-order valence-corrected chi connectivity index (χ0v) is 35.6. The number of benzene rings is 2. The topological polar surface area (TPSA) is 124 Å². The van der Waals surface area contributed by atoms with Crippen LogP contribution in [0.3, 0.4) is 0 Å². The molecule has 0 bridgehead atoms. The molecule has 2 unspecified atom stereocenters. The van der Waals surface area contributed by atoms with Gasteiger partial charge in [0.2, 0.25) is 0 Å². The number of rotatable bonds is 18. The SMILES string of the molecule is C=C(C)C(=O)OCC(COc1c(Br)cc(C(C)(C)c2cc(Br)c(OCC(COC(=O)C(=C)C)OC(=O)C(=C)C)c(Br)c2)cc1Br)OC(=O)C(=C)C. The molecule has 0 aliphatic carbocycles. The lowest BCUT2D eigenvalue weighted by molar-refractivity contribution is -0.155. The van der Waals surface area contributed by atoms with Gasteiger partial charge in [-0.15, -0.1) is 0 Å². The molecule has 276 valence electrons. The van der Waals surface area contributed by atoms with Crippen LogP contribution in [-0.2, 0) is 43.5 Å². The summed E-state index contributed by atoms with van der Waals surface area (Å²) in [5.41, 5.74) is 2.06. The highest BCUT2D eigenvalue weighted by molar-refractivity contribution is 9.11. The van der Waals surface area contributed by atoms with Crippen LogP contribution in [0.25, 0.3) is 0 Å². The minimum atomic E-state index is -0.914. The van der Waals surface area contributed by atoms with Crippen molar-refractivity contribution in [3.8, 4) is 11.5 Å². The maximum Gasteiger partial charge on any atom is 0.333 e. The normalized spacial score (nSPS) is 12.1. The van der Waals surface area contributed by atoms with Crippen molar-refractivity contribution in [1.29, 1.82) is 0 Å².